The van der Waals surface area contributed by atoms with Crippen molar-refractivity contribution in [1.82, 2.24) is 4.72 Å². The van der Waals surface area contributed by atoms with Gasteiger partial charge < -0.3 is 15.5 Å². The first kappa shape index (κ1) is 20.1. The van der Waals surface area contributed by atoms with Crippen molar-refractivity contribution in [2.45, 2.75) is 17.4 Å². The Morgan fingerprint density at radius 3 is 2.04 bits per heavy atom. The van der Waals surface area contributed by atoms with E-state index in [0.29, 0.717) is 11.3 Å². The Hall–Kier alpha value is -3.24. The molecule has 4 N–H and O–H groups in total. The van der Waals surface area contributed by atoms with E-state index in [0.717, 1.165) is 0 Å². The summed E-state index contributed by atoms with van der Waals surface area (Å²) in [6.45, 7) is 0. The van der Waals surface area contributed by atoms with E-state index in [2.05, 4.69) is 5.32 Å². The quantitative estimate of drug-likeness (QED) is 0.526. The number of carbonyl (C=O) groups is 3. The maximum Gasteiger partial charge on any atom is 0.322 e. The number of carboxylic acids is 2. The molecule has 1 amide bonds. The van der Waals surface area contributed by atoms with Crippen molar-refractivity contribution < 1.29 is 33.0 Å². The van der Waals surface area contributed by atoms with E-state index in [1.54, 1.807) is 30.3 Å². The zero-order chi connectivity index (χ0) is 20.0. The zero-order valence-electron chi connectivity index (χ0n) is 13.8. The van der Waals surface area contributed by atoms with Gasteiger partial charge in [-0.05, 0) is 36.4 Å². The molecule has 0 aliphatic rings. The smallest absolute Gasteiger partial charge is 0.322 e. The molecule has 0 heterocycles. The molecule has 10 heteroatoms. The van der Waals surface area contributed by atoms with Gasteiger partial charge in [0.15, 0.2) is 0 Å². The molecule has 0 aliphatic carbocycles. The van der Waals surface area contributed by atoms with Crippen molar-refractivity contribution in [3.8, 4) is 0 Å². The second-order valence-corrected chi connectivity index (χ2v) is 7.17. The molecule has 0 bridgehead atoms. The summed E-state index contributed by atoms with van der Waals surface area (Å²) in [5, 5.41) is 20.2. The summed E-state index contributed by atoms with van der Waals surface area (Å²) >= 11 is 0. The van der Waals surface area contributed by atoms with Gasteiger partial charge in [0.2, 0.25) is 10.0 Å². The highest BCUT2D eigenvalue weighted by Gasteiger charge is 2.27. The Morgan fingerprint density at radius 2 is 1.52 bits per heavy atom. The topological polar surface area (TPSA) is 150 Å². The lowest BCUT2D eigenvalue weighted by atomic mass is 10.2. The average molecular weight is 392 g/mol. The molecule has 2 aromatic carbocycles. The lowest BCUT2D eigenvalue weighted by Crippen LogP contribution is -2.42. The highest BCUT2D eigenvalue weighted by molar-refractivity contribution is 7.89. The molecule has 0 saturated carbocycles. The number of hydrogen-bond donors (Lipinski definition) is 4. The van der Waals surface area contributed by atoms with E-state index in [9.17, 15) is 22.8 Å². The Morgan fingerprint density at radius 1 is 0.926 bits per heavy atom. The molecule has 27 heavy (non-hydrogen) atoms. The third-order valence-corrected chi connectivity index (χ3v) is 4.92. The molecule has 142 valence electrons. The molecule has 0 aromatic heterocycles. The Labute approximate surface area is 154 Å². The zero-order valence-corrected chi connectivity index (χ0v) is 14.6. The minimum Gasteiger partial charge on any atom is -0.481 e. The molecule has 0 aliphatic heterocycles. The second kappa shape index (κ2) is 8.43. The Bertz CT molecular complexity index is 941. The molecule has 9 nitrogen and oxygen atoms in total. The number of carbonyl (C=O) groups excluding carboxylic acids is 1. The summed E-state index contributed by atoms with van der Waals surface area (Å²) < 4.78 is 26.3. The largest absolute Gasteiger partial charge is 0.481 e. The molecule has 0 fully saturated rings. The van der Waals surface area contributed by atoms with E-state index in [-0.39, 0.29) is 10.8 Å². The van der Waals surface area contributed by atoms with Crippen LogP contribution in [-0.2, 0) is 19.6 Å². The monoisotopic (exact) mass is 392 g/mol. The van der Waals surface area contributed by atoms with Crippen LogP contribution >= 0.6 is 0 Å². The van der Waals surface area contributed by atoms with E-state index in [1.807, 2.05) is 4.72 Å². The Kier molecular flexibility index (Phi) is 6.27. The number of benzene rings is 2. The van der Waals surface area contributed by atoms with Gasteiger partial charge >= 0.3 is 11.9 Å². The summed E-state index contributed by atoms with van der Waals surface area (Å²) in [7, 11) is -4.25. The first-order valence-electron chi connectivity index (χ1n) is 7.62. The molecule has 0 saturated heterocycles. The van der Waals surface area contributed by atoms with E-state index in [4.69, 9.17) is 10.2 Å². The molecule has 0 spiro atoms. The summed E-state index contributed by atoms with van der Waals surface area (Å²) in [4.78, 5) is 33.5. The maximum absolute atomic E-state index is 12.2. The van der Waals surface area contributed by atoms with Gasteiger partial charge in [-0.3, -0.25) is 14.4 Å². The standard InChI is InChI=1S/C17H16N2O7S/c20-15(21)10-14(17(23)24)19-27(25,26)13-8-6-12(7-9-13)18-16(22)11-4-2-1-3-5-11/h1-9,14,19H,10H2,(H,18,22)(H,20,21)(H,23,24)/t14-/m0/s1. The van der Waals surface area contributed by atoms with Gasteiger partial charge in [-0.25, -0.2) is 8.42 Å². The number of rotatable bonds is 8. The summed E-state index contributed by atoms with van der Waals surface area (Å²) in [6.07, 6.45) is -0.903. The highest BCUT2D eigenvalue weighted by atomic mass is 32.2. The van der Waals surface area contributed by atoms with Gasteiger partial charge in [-0.1, -0.05) is 18.2 Å². The van der Waals surface area contributed by atoms with Crippen molar-refractivity contribution in [3.63, 3.8) is 0 Å². The van der Waals surface area contributed by atoms with E-state index in [1.165, 1.54) is 24.3 Å². The molecular formula is C17H16N2O7S. The number of amides is 1. The normalized spacial score (nSPS) is 12.1. The predicted molar refractivity (Wildman–Crippen MR) is 94.8 cm³/mol. The highest BCUT2D eigenvalue weighted by Crippen LogP contribution is 2.16. The van der Waals surface area contributed by atoms with Crippen molar-refractivity contribution in [1.29, 1.82) is 0 Å². The minimum absolute atomic E-state index is 0.267. The third-order valence-electron chi connectivity index (χ3n) is 3.43. The number of nitrogens with one attached hydrogen (secondary N) is 2. The predicted octanol–water partition coefficient (Wildman–Crippen LogP) is 1.15. The van der Waals surface area contributed by atoms with Gasteiger partial charge in [-0.15, -0.1) is 0 Å². The summed E-state index contributed by atoms with van der Waals surface area (Å²) in [5.41, 5.74) is 0.761. The first-order valence-corrected chi connectivity index (χ1v) is 9.11. The number of carboxylic acid groups (broad SMARTS) is 2. The first-order chi connectivity index (χ1) is 12.7. The number of sulfonamides is 1. The van der Waals surface area contributed by atoms with Crippen LogP contribution < -0.4 is 10.0 Å². The SMILES string of the molecule is O=C(O)C[C@H](NS(=O)(=O)c1ccc(NC(=O)c2ccccc2)cc1)C(=O)O. The second-order valence-electron chi connectivity index (χ2n) is 5.45. The van der Waals surface area contributed by atoms with Gasteiger partial charge in [0.1, 0.15) is 6.04 Å². The van der Waals surface area contributed by atoms with Gasteiger partial charge in [0, 0.05) is 11.3 Å². The van der Waals surface area contributed by atoms with Crippen molar-refractivity contribution >= 4 is 33.6 Å². The average Bonchev–Trinajstić information content (AvgIpc) is 2.61. The number of hydrogen-bond acceptors (Lipinski definition) is 5. The van der Waals surface area contributed by atoms with Crippen LogP contribution in [0.3, 0.4) is 0 Å². The van der Waals surface area contributed by atoms with Crippen LogP contribution in [0, 0.1) is 0 Å². The van der Waals surface area contributed by atoms with Crippen molar-refractivity contribution in [2.24, 2.45) is 0 Å². The van der Waals surface area contributed by atoms with Gasteiger partial charge in [-0.2, -0.15) is 4.72 Å². The summed E-state index contributed by atoms with van der Waals surface area (Å²) in [6, 6.07) is 11.6. The van der Waals surface area contributed by atoms with Crippen molar-refractivity contribution in [2.75, 3.05) is 5.32 Å². The fraction of sp³-hybridized carbons (Fsp3) is 0.118. The van der Waals surface area contributed by atoms with E-state index >= 15 is 0 Å². The molecule has 1 atom stereocenters. The minimum atomic E-state index is -4.25. The van der Waals surface area contributed by atoms with Crippen LogP contribution in [0.15, 0.2) is 59.5 Å². The Balaban J connectivity index is 2.12. The van der Waals surface area contributed by atoms with Crippen LogP contribution in [0.2, 0.25) is 0 Å². The lowest BCUT2D eigenvalue weighted by Gasteiger charge is -2.13. The van der Waals surface area contributed by atoms with Gasteiger partial charge in [0.05, 0.1) is 11.3 Å². The molecule has 0 radical (unpaired) electrons. The van der Waals surface area contributed by atoms with Crippen molar-refractivity contribution in [3.05, 3.63) is 60.2 Å². The van der Waals surface area contributed by atoms with Crippen LogP contribution in [-0.4, -0.2) is 42.5 Å². The molecule has 0 unspecified atom stereocenters. The number of aliphatic carboxylic acids is 2. The van der Waals surface area contributed by atoms with Crippen LogP contribution in [0.1, 0.15) is 16.8 Å². The summed E-state index contributed by atoms with van der Waals surface area (Å²) in [5.74, 6) is -3.44. The lowest BCUT2D eigenvalue weighted by molar-refractivity contribution is -0.145. The maximum atomic E-state index is 12.2. The molecular weight excluding hydrogens is 376 g/mol. The fourth-order valence-corrected chi connectivity index (χ4v) is 3.31. The molecule has 2 aromatic rings. The van der Waals surface area contributed by atoms with Crippen LogP contribution in [0.5, 0.6) is 0 Å². The number of anilines is 1. The van der Waals surface area contributed by atoms with Crippen LogP contribution in [0.4, 0.5) is 5.69 Å². The van der Waals surface area contributed by atoms with Crippen LogP contribution in [0.25, 0.3) is 0 Å². The third kappa shape index (κ3) is 5.62. The van der Waals surface area contributed by atoms with E-state index < -0.39 is 34.4 Å². The fourth-order valence-electron chi connectivity index (χ4n) is 2.12. The van der Waals surface area contributed by atoms with Gasteiger partial charge in [0.25, 0.3) is 5.91 Å². The molecule has 2 rings (SSSR count).